The molecule has 0 saturated carbocycles. The smallest absolute Gasteiger partial charge is 0.338 e. The van der Waals surface area contributed by atoms with Gasteiger partial charge < -0.3 is 19.5 Å². The second-order valence-electron chi connectivity index (χ2n) is 5.60. The molecule has 1 N–H and O–H groups in total. The summed E-state index contributed by atoms with van der Waals surface area (Å²) in [5.41, 5.74) is 0.185. The number of esters is 1. The first-order chi connectivity index (χ1) is 11.3. The van der Waals surface area contributed by atoms with Crippen LogP contribution in [-0.4, -0.2) is 38.2 Å². The van der Waals surface area contributed by atoms with Crippen molar-refractivity contribution < 1.29 is 23.8 Å². The summed E-state index contributed by atoms with van der Waals surface area (Å²) in [6.45, 7) is 7.74. The standard InChI is InChI=1S/C17H24ClNO5/c1-6-23-16-13(18)7-12(8-14(16)22-5)17(21)24-9-15(20)19-11(4)10(2)3/h7-8,10-11H,6,9H2,1-5H3,(H,19,20)/t11-/m0/s1. The minimum atomic E-state index is -0.661. The first-order valence-corrected chi connectivity index (χ1v) is 8.14. The van der Waals surface area contributed by atoms with Crippen LogP contribution in [-0.2, 0) is 9.53 Å². The van der Waals surface area contributed by atoms with Gasteiger partial charge >= 0.3 is 5.97 Å². The molecule has 0 saturated heterocycles. The van der Waals surface area contributed by atoms with E-state index in [9.17, 15) is 9.59 Å². The van der Waals surface area contributed by atoms with Crippen molar-refractivity contribution >= 4 is 23.5 Å². The van der Waals surface area contributed by atoms with E-state index in [-0.39, 0.29) is 29.1 Å². The van der Waals surface area contributed by atoms with Crippen LogP contribution < -0.4 is 14.8 Å². The summed E-state index contributed by atoms with van der Waals surface area (Å²) in [4.78, 5) is 23.9. The zero-order valence-corrected chi connectivity index (χ0v) is 15.4. The molecule has 1 amide bonds. The van der Waals surface area contributed by atoms with Gasteiger partial charge in [0.2, 0.25) is 0 Å². The van der Waals surface area contributed by atoms with E-state index in [2.05, 4.69) is 5.32 Å². The zero-order valence-electron chi connectivity index (χ0n) is 14.6. The molecular weight excluding hydrogens is 334 g/mol. The summed E-state index contributed by atoms with van der Waals surface area (Å²) in [5, 5.41) is 3.00. The molecular formula is C17H24ClNO5. The maximum Gasteiger partial charge on any atom is 0.338 e. The first-order valence-electron chi connectivity index (χ1n) is 7.76. The van der Waals surface area contributed by atoms with Crippen LogP contribution in [0.1, 0.15) is 38.1 Å². The number of carbonyl (C=O) groups is 2. The van der Waals surface area contributed by atoms with E-state index in [1.807, 2.05) is 27.7 Å². The number of ether oxygens (including phenoxy) is 3. The van der Waals surface area contributed by atoms with Crippen LogP contribution in [0.4, 0.5) is 0 Å². The molecule has 0 unspecified atom stereocenters. The number of methoxy groups -OCH3 is 1. The maximum atomic E-state index is 12.1. The SMILES string of the molecule is CCOc1c(Cl)cc(C(=O)OCC(=O)N[C@@H](C)C(C)C)cc1OC. The molecule has 0 aliphatic rings. The summed E-state index contributed by atoms with van der Waals surface area (Å²) < 4.78 is 15.6. The molecule has 134 valence electrons. The Morgan fingerprint density at radius 3 is 2.46 bits per heavy atom. The van der Waals surface area contributed by atoms with Crippen molar-refractivity contribution in [3.63, 3.8) is 0 Å². The molecule has 6 nitrogen and oxygen atoms in total. The molecule has 7 heteroatoms. The Morgan fingerprint density at radius 2 is 1.92 bits per heavy atom. The molecule has 0 aromatic heterocycles. The monoisotopic (exact) mass is 357 g/mol. The molecule has 0 bridgehead atoms. The van der Waals surface area contributed by atoms with Crippen LogP contribution in [0.5, 0.6) is 11.5 Å². The van der Waals surface area contributed by atoms with Crippen molar-refractivity contribution in [2.45, 2.75) is 33.7 Å². The van der Waals surface area contributed by atoms with Crippen LogP contribution >= 0.6 is 11.6 Å². The van der Waals surface area contributed by atoms with E-state index < -0.39 is 5.97 Å². The van der Waals surface area contributed by atoms with Crippen LogP contribution in [0.2, 0.25) is 5.02 Å². The Labute approximate surface area is 147 Å². The Bertz CT molecular complexity index is 589. The van der Waals surface area contributed by atoms with Crippen molar-refractivity contribution in [2.75, 3.05) is 20.3 Å². The summed E-state index contributed by atoms with van der Waals surface area (Å²) in [6.07, 6.45) is 0. The van der Waals surface area contributed by atoms with Gasteiger partial charge in [-0.15, -0.1) is 0 Å². The first kappa shape index (κ1) is 20.1. The van der Waals surface area contributed by atoms with Crippen molar-refractivity contribution in [3.8, 4) is 11.5 Å². The van der Waals surface area contributed by atoms with E-state index >= 15 is 0 Å². The van der Waals surface area contributed by atoms with Gasteiger partial charge in [-0.3, -0.25) is 4.79 Å². The van der Waals surface area contributed by atoms with Gasteiger partial charge in [0.1, 0.15) is 0 Å². The molecule has 1 aromatic carbocycles. The minimum Gasteiger partial charge on any atom is -0.493 e. The predicted octanol–water partition coefficient (Wildman–Crippen LogP) is 3.06. The lowest BCUT2D eigenvalue weighted by Crippen LogP contribution is -2.38. The van der Waals surface area contributed by atoms with Crippen molar-refractivity contribution in [1.29, 1.82) is 0 Å². The van der Waals surface area contributed by atoms with E-state index in [0.717, 1.165) is 0 Å². The zero-order chi connectivity index (χ0) is 18.3. The highest BCUT2D eigenvalue weighted by molar-refractivity contribution is 6.32. The molecule has 0 radical (unpaired) electrons. The number of halogens is 1. The normalized spacial score (nSPS) is 11.8. The van der Waals surface area contributed by atoms with Crippen LogP contribution in [0.15, 0.2) is 12.1 Å². The largest absolute Gasteiger partial charge is 0.493 e. The molecule has 0 fully saturated rings. The fourth-order valence-electron chi connectivity index (χ4n) is 1.80. The minimum absolute atomic E-state index is 0.00350. The Hall–Kier alpha value is -1.95. The number of hydrogen-bond acceptors (Lipinski definition) is 5. The molecule has 0 spiro atoms. The summed E-state index contributed by atoms with van der Waals surface area (Å²) in [7, 11) is 1.45. The average Bonchev–Trinajstić information content (AvgIpc) is 2.54. The number of amides is 1. The van der Waals surface area contributed by atoms with Gasteiger partial charge in [0.25, 0.3) is 5.91 Å². The van der Waals surface area contributed by atoms with E-state index in [1.54, 1.807) is 0 Å². The second kappa shape index (κ2) is 9.37. The van der Waals surface area contributed by atoms with Crippen molar-refractivity contribution in [2.24, 2.45) is 5.92 Å². The predicted molar refractivity (Wildman–Crippen MR) is 91.9 cm³/mol. The van der Waals surface area contributed by atoms with Crippen LogP contribution in [0, 0.1) is 5.92 Å². The third-order valence-corrected chi connectivity index (χ3v) is 3.76. The highest BCUT2D eigenvalue weighted by atomic mass is 35.5. The Balaban J connectivity index is 2.75. The van der Waals surface area contributed by atoms with E-state index in [0.29, 0.717) is 24.0 Å². The molecule has 0 aliphatic heterocycles. The average molecular weight is 358 g/mol. The molecule has 1 aromatic rings. The molecule has 1 atom stereocenters. The van der Waals surface area contributed by atoms with Crippen molar-refractivity contribution in [3.05, 3.63) is 22.7 Å². The van der Waals surface area contributed by atoms with Gasteiger partial charge in [0.05, 0.1) is 24.3 Å². The summed E-state index contributed by atoms with van der Waals surface area (Å²) in [5.74, 6) is -0.0334. The molecule has 24 heavy (non-hydrogen) atoms. The Morgan fingerprint density at radius 1 is 1.25 bits per heavy atom. The Kier molecular flexibility index (Phi) is 7.85. The molecule has 0 aliphatic carbocycles. The highest BCUT2D eigenvalue weighted by Crippen LogP contribution is 2.36. The van der Waals surface area contributed by atoms with Gasteiger partial charge in [-0.2, -0.15) is 0 Å². The number of rotatable bonds is 8. The van der Waals surface area contributed by atoms with Crippen LogP contribution in [0.25, 0.3) is 0 Å². The quantitative estimate of drug-likeness (QED) is 0.724. The third kappa shape index (κ3) is 5.60. The topological polar surface area (TPSA) is 73.9 Å². The number of carbonyl (C=O) groups excluding carboxylic acids is 2. The second-order valence-corrected chi connectivity index (χ2v) is 6.01. The van der Waals surface area contributed by atoms with Gasteiger partial charge in [-0.25, -0.2) is 4.79 Å². The number of nitrogens with one attached hydrogen (secondary N) is 1. The van der Waals surface area contributed by atoms with Gasteiger partial charge in [0, 0.05) is 6.04 Å². The maximum absolute atomic E-state index is 12.1. The molecule has 1 rings (SSSR count). The fraction of sp³-hybridized carbons (Fsp3) is 0.529. The van der Waals surface area contributed by atoms with Crippen molar-refractivity contribution in [1.82, 2.24) is 5.32 Å². The van der Waals surface area contributed by atoms with Gasteiger partial charge in [-0.1, -0.05) is 25.4 Å². The van der Waals surface area contributed by atoms with Crippen LogP contribution in [0.3, 0.4) is 0 Å². The fourth-order valence-corrected chi connectivity index (χ4v) is 2.06. The number of hydrogen-bond donors (Lipinski definition) is 1. The van der Waals surface area contributed by atoms with Gasteiger partial charge in [-0.05, 0) is 31.9 Å². The van der Waals surface area contributed by atoms with E-state index in [4.69, 9.17) is 25.8 Å². The lowest BCUT2D eigenvalue weighted by atomic mass is 10.1. The summed E-state index contributed by atoms with van der Waals surface area (Å²) >= 11 is 6.11. The molecule has 0 heterocycles. The summed E-state index contributed by atoms with van der Waals surface area (Å²) in [6, 6.07) is 2.89. The number of benzene rings is 1. The van der Waals surface area contributed by atoms with E-state index in [1.165, 1.54) is 19.2 Å². The lowest BCUT2D eigenvalue weighted by molar-refractivity contribution is -0.125. The lowest BCUT2D eigenvalue weighted by Gasteiger charge is -2.17. The highest BCUT2D eigenvalue weighted by Gasteiger charge is 2.18. The third-order valence-electron chi connectivity index (χ3n) is 3.48. The van der Waals surface area contributed by atoms with Gasteiger partial charge in [0.15, 0.2) is 18.1 Å².